The van der Waals surface area contributed by atoms with E-state index in [0.29, 0.717) is 31.4 Å². The molecule has 1 aromatic rings. The van der Waals surface area contributed by atoms with Gasteiger partial charge in [0.1, 0.15) is 11.0 Å². The van der Waals surface area contributed by atoms with E-state index in [1.807, 2.05) is 32.0 Å². The number of amides is 1. The van der Waals surface area contributed by atoms with E-state index in [1.165, 1.54) is 0 Å². The van der Waals surface area contributed by atoms with Gasteiger partial charge in [0.05, 0.1) is 0 Å². The number of nitrogens with one attached hydrogen (secondary N) is 1. The maximum Gasteiger partial charge on any atom is 0.315 e. The van der Waals surface area contributed by atoms with E-state index in [-0.39, 0.29) is 12.5 Å². The highest BCUT2D eigenvalue weighted by Gasteiger charge is 2.44. The van der Waals surface area contributed by atoms with Crippen LogP contribution in [0.15, 0.2) is 30.3 Å². The maximum absolute atomic E-state index is 12.7. The normalized spacial score (nSPS) is 18.8. The average Bonchev–Trinajstić information content (AvgIpc) is 3.06. The number of hydrogen-bond acceptors (Lipinski definition) is 3. The van der Waals surface area contributed by atoms with Crippen LogP contribution in [0.25, 0.3) is 0 Å². The Balaban J connectivity index is 2.19. The topological polar surface area (TPSA) is 75.6 Å². The van der Waals surface area contributed by atoms with Crippen molar-refractivity contribution in [2.45, 2.75) is 57.0 Å². The summed E-state index contributed by atoms with van der Waals surface area (Å²) in [6, 6.07) is 9.11. The molecule has 2 N–H and O–H groups in total. The van der Waals surface area contributed by atoms with Crippen molar-refractivity contribution in [2.24, 2.45) is 0 Å². The number of hydrogen-bond donors (Lipinski definition) is 2. The molecule has 1 aliphatic rings. The first-order valence-electron chi connectivity index (χ1n) is 8.72. The van der Waals surface area contributed by atoms with Crippen molar-refractivity contribution >= 4 is 11.9 Å². The average molecular weight is 333 g/mol. The second kappa shape index (κ2) is 7.79. The molecular formula is C19H27NO4. The first kappa shape index (κ1) is 18.5. The van der Waals surface area contributed by atoms with Crippen LogP contribution in [0, 0.1) is 0 Å². The largest absolute Gasteiger partial charge is 0.481 e. The van der Waals surface area contributed by atoms with E-state index < -0.39 is 17.0 Å². The number of benzene rings is 1. The molecule has 5 nitrogen and oxygen atoms in total. The molecule has 0 aromatic heterocycles. The van der Waals surface area contributed by atoms with Gasteiger partial charge in [0.2, 0.25) is 0 Å². The highest BCUT2D eigenvalue weighted by atomic mass is 16.5. The van der Waals surface area contributed by atoms with Crippen LogP contribution in [-0.2, 0) is 19.7 Å². The molecule has 5 heteroatoms. The number of carbonyl (C=O) groups excluding carboxylic acids is 1. The van der Waals surface area contributed by atoms with Gasteiger partial charge in [-0.25, -0.2) is 0 Å². The molecule has 1 aliphatic carbocycles. The lowest BCUT2D eigenvalue weighted by Gasteiger charge is -2.32. The van der Waals surface area contributed by atoms with Crippen molar-refractivity contribution in [3.63, 3.8) is 0 Å². The Morgan fingerprint density at radius 2 is 1.83 bits per heavy atom. The van der Waals surface area contributed by atoms with E-state index >= 15 is 0 Å². The van der Waals surface area contributed by atoms with Gasteiger partial charge in [0, 0.05) is 13.2 Å². The molecule has 0 aliphatic heterocycles. The van der Waals surface area contributed by atoms with Crippen molar-refractivity contribution in [3.8, 4) is 0 Å². The third kappa shape index (κ3) is 3.46. The second-order valence-corrected chi connectivity index (χ2v) is 6.42. The minimum absolute atomic E-state index is 0.0660. The van der Waals surface area contributed by atoms with Crippen LogP contribution in [0.5, 0.6) is 0 Å². The predicted molar refractivity (Wildman–Crippen MR) is 91.9 cm³/mol. The van der Waals surface area contributed by atoms with Gasteiger partial charge in [-0.15, -0.1) is 0 Å². The van der Waals surface area contributed by atoms with Crippen molar-refractivity contribution in [3.05, 3.63) is 35.9 Å². The molecule has 132 valence electrons. The summed E-state index contributed by atoms with van der Waals surface area (Å²) in [6.07, 6.45) is 3.72. The second-order valence-electron chi connectivity index (χ2n) is 6.42. The lowest BCUT2D eigenvalue weighted by Crippen LogP contribution is -2.53. The minimum atomic E-state index is -1.12. The Bertz CT molecular complexity index is 566. The molecule has 1 amide bonds. The minimum Gasteiger partial charge on any atom is -0.481 e. The zero-order valence-electron chi connectivity index (χ0n) is 14.5. The number of ether oxygens (including phenoxy) is 1. The highest BCUT2D eigenvalue weighted by Crippen LogP contribution is 2.34. The van der Waals surface area contributed by atoms with E-state index in [9.17, 15) is 14.7 Å². The van der Waals surface area contributed by atoms with Crippen LogP contribution >= 0.6 is 0 Å². The third-order valence-electron chi connectivity index (χ3n) is 5.14. The Morgan fingerprint density at radius 3 is 2.33 bits per heavy atom. The summed E-state index contributed by atoms with van der Waals surface area (Å²) in [7, 11) is 0. The summed E-state index contributed by atoms with van der Waals surface area (Å²) in [5.41, 5.74) is -1.20. The molecular weight excluding hydrogens is 306 g/mol. The molecule has 0 saturated heterocycles. The standard InChI is InChI=1S/C19H27NO4/c1-3-18(17(22)23,15-10-6-5-7-11-15)14-20-16(21)19(24-4-2)12-8-9-13-19/h5-7,10-11H,3-4,8-9,12-14H2,1-2H3,(H,20,21)(H,22,23). The lowest BCUT2D eigenvalue weighted by atomic mass is 9.78. The fourth-order valence-electron chi connectivity index (χ4n) is 3.59. The monoisotopic (exact) mass is 333 g/mol. The fourth-order valence-corrected chi connectivity index (χ4v) is 3.59. The van der Waals surface area contributed by atoms with Gasteiger partial charge in [0.25, 0.3) is 5.91 Å². The van der Waals surface area contributed by atoms with E-state index in [0.717, 1.165) is 12.8 Å². The Labute approximate surface area is 143 Å². The van der Waals surface area contributed by atoms with Crippen LogP contribution < -0.4 is 5.32 Å². The van der Waals surface area contributed by atoms with Gasteiger partial charge in [-0.1, -0.05) is 37.3 Å². The lowest BCUT2D eigenvalue weighted by molar-refractivity contribution is -0.148. The zero-order valence-corrected chi connectivity index (χ0v) is 14.5. The molecule has 0 spiro atoms. The third-order valence-corrected chi connectivity index (χ3v) is 5.14. The molecule has 0 radical (unpaired) electrons. The number of carbonyl (C=O) groups is 2. The molecule has 24 heavy (non-hydrogen) atoms. The fraction of sp³-hybridized carbons (Fsp3) is 0.579. The van der Waals surface area contributed by atoms with Crippen LogP contribution in [0.3, 0.4) is 0 Å². The van der Waals surface area contributed by atoms with Crippen LogP contribution in [0.4, 0.5) is 0 Å². The van der Waals surface area contributed by atoms with Crippen LogP contribution in [0.2, 0.25) is 0 Å². The number of carboxylic acids is 1. The molecule has 1 unspecified atom stereocenters. The number of rotatable bonds is 8. The van der Waals surface area contributed by atoms with E-state index in [1.54, 1.807) is 12.1 Å². The summed E-state index contributed by atoms with van der Waals surface area (Å²) in [6.45, 7) is 4.26. The predicted octanol–water partition coefficient (Wildman–Crippen LogP) is 2.88. The first-order valence-corrected chi connectivity index (χ1v) is 8.72. The quantitative estimate of drug-likeness (QED) is 0.767. The van der Waals surface area contributed by atoms with E-state index in [2.05, 4.69) is 5.32 Å². The number of aliphatic carboxylic acids is 1. The maximum atomic E-state index is 12.7. The van der Waals surface area contributed by atoms with E-state index in [4.69, 9.17) is 4.74 Å². The Hall–Kier alpha value is -1.88. The van der Waals surface area contributed by atoms with Gasteiger partial charge in [0.15, 0.2) is 0 Å². The van der Waals surface area contributed by atoms with Gasteiger partial charge in [-0.2, -0.15) is 0 Å². The summed E-state index contributed by atoms with van der Waals surface area (Å²) in [5, 5.41) is 12.7. The smallest absolute Gasteiger partial charge is 0.315 e. The first-order chi connectivity index (χ1) is 11.5. The van der Waals surface area contributed by atoms with Gasteiger partial charge in [-0.05, 0) is 44.6 Å². The SMILES string of the molecule is CCOC1(C(=O)NCC(CC)(C(=O)O)c2ccccc2)CCCC1. The van der Waals surface area contributed by atoms with Crippen LogP contribution in [-0.4, -0.2) is 35.7 Å². The Kier molecular flexibility index (Phi) is 5.99. The number of carboxylic acid groups (broad SMARTS) is 1. The van der Waals surface area contributed by atoms with Crippen molar-refractivity contribution in [1.29, 1.82) is 0 Å². The summed E-state index contributed by atoms with van der Waals surface area (Å²) in [4.78, 5) is 24.8. The van der Waals surface area contributed by atoms with Crippen molar-refractivity contribution in [2.75, 3.05) is 13.2 Å². The molecule has 2 rings (SSSR count). The van der Waals surface area contributed by atoms with Gasteiger partial charge < -0.3 is 15.2 Å². The highest BCUT2D eigenvalue weighted by molar-refractivity contribution is 5.87. The van der Waals surface area contributed by atoms with Crippen molar-refractivity contribution in [1.82, 2.24) is 5.32 Å². The van der Waals surface area contributed by atoms with Gasteiger partial charge >= 0.3 is 5.97 Å². The molecule has 1 atom stereocenters. The molecule has 0 bridgehead atoms. The summed E-state index contributed by atoms with van der Waals surface area (Å²) >= 11 is 0. The van der Waals surface area contributed by atoms with Gasteiger partial charge in [-0.3, -0.25) is 9.59 Å². The summed E-state index contributed by atoms with van der Waals surface area (Å²) in [5.74, 6) is -1.11. The summed E-state index contributed by atoms with van der Waals surface area (Å²) < 4.78 is 5.76. The molecule has 1 fully saturated rings. The Morgan fingerprint density at radius 1 is 1.21 bits per heavy atom. The molecule has 0 heterocycles. The zero-order chi connectivity index (χ0) is 17.6. The molecule has 1 aromatic carbocycles. The van der Waals surface area contributed by atoms with Crippen LogP contribution in [0.1, 0.15) is 51.5 Å². The van der Waals surface area contributed by atoms with Crippen molar-refractivity contribution < 1.29 is 19.4 Å². The molecule has 1 saturated carbocycles.